The van der Waals surface area contributed by atoms with E-state index in [1.54, 1.807) is 0 Å². The summed E-state index contributed by atoms with van der Waals surface area (Å²) in [6.45, 7) is 4.67. The smallest absolute Gasteiger partial charge is 0.150 e. The molecule has 0 aromatic carbocycles. The lowest BCUT2D eigenvalue weighted by molar-refractivity contribution is 0.236. The van der Waals surface area contributed by atoms with Gasteiger partial charge in [0.1, 0.15) is 9.84 Å². The van der Waals surface area contributed by atoms with Crippen molar-refractivity contribution in [2.45, 2.75) is 37.4 Å². The van der Waals surface area contributed by atoms with Crippen LogP contribution in [0.4, 0.5) is 0 Å². The van der Waals surface area contributed by atoms with E-state index in [0.717, 1.165) is 25.9 Å². The molecule has 5 nitrogen and oxygen atoms in total. The number of piperidine rings is 2. The zero-order chi connectivity index (χ0) is 13.4. The molecule has 3 N–H and O–H groups in total. The molecule has 0 unspecified atom stereocenters. The average Bonchev–Trinajstić information content (AvgIpc) is 2.40. The number of nitrogens with one attached hydrogen (secondary N) is 1. The van der Waals surface area contributed by atoms with Gasteiger partial charge in [-0.1, -0.05) is 6.42 Å². The monoisotopic (exact) mass is 277 g/mol. The summed E-state index contributed by atoms with van der Waals surface area (Å²) in [5, 5.41) is 3.15. The van der Waals surface area contributed by atoms with Crippen LogP contribution in [0, 0.1) is 0 Å². The van der Waals surface area contributed by atoms with Crippen LogP contribution in [0.15, 0.2) is 0 Å². The van der Waals surface area contributed by atoms with Crippen LogP contribution in [0.3, 0.4) is 0 Å². The highest BCUT2D eigenvalue weighted by atomic mass is 32.2. The van der Waals surface area contributed by atoms with E-state index in [-0.39, 0.29) is 5.25 Å². The van der Waals surface area contributed by atoms with Gasteiger partial charge in [0.05, 0.1) is 5.25 Å². The highest BCUT2D eigenvalue weighted by Crippen LogP contribution is 2.15. The van der Waals surface area contributed by atoms with Crippen molar-refractivity contribution in [3.05, 3.63) is 0 Å². The number of nitrogens with zero attached hydrogens (tertiary/aromatic N) is 1. The van der Waals surface area contributed by atoms with E-state index in [1.165, 1.54) is 38.6 Å². The first-order valence-electron chi connectivity index (χ1n) is 6.86. The minimum absolute atomic E-state index is 0.139. The second kappa shape index (κ2) is 8.09. The Kier molecular flexibility index (Phi) is 7.14. The molecule has 0 radical (unpaired) electrons. The Morgan fingerprint density at radius 1 is 1.17 bits per heavy atom. The standard InChI is InChI=1S/C7H16N2O2S.C5H11N/c1-12(10,11)7-2-4-9(6-8)5-3-7;1-2-4-6-5-3-1/h7H,2-6,8H2,1H3;6H,1-5H2. The molecule has 6 heteroatoms. The van der Waals surface area contributed by atoms with Crippen LogP contribution in [0.1, 0.15) is 32.1 Å². The molecule has 2 aliphatic heterocycles. The molecule has 0 aromatic rings. The fraction of sp³-hybridized carbons (Fsp3) is 1.00. The Bertz CT molecular complexity index is 296. The van der Waals surface area contributed by atoms with E-state index < -0.39 is 9.84 Å². The average molecular weight is 277 g/mol. The minimum Gasteiger partial charge on any atom is -0.318 e. The van der Waals surface area contributed by atoms with Gasteiger partial charge in [0, 0.05) is 26.0 Å². The lowest BCUT2D eigenvalue weighted by Crippen LogP contribution is -2.41. The number of sulfone groups is 1. The Labute approximate surface area is 111 Å². The fourth-order valence-electron chi connectivity index (χ4n) is 2.32. The number of rotatable bonds is 2. The normalized spacial score (nSPS) is 23.2. The maximum absolute atomic E-state index is 11.1. The van der Waals surface area contributed by atoms with Crippen LogP contribution in [0.5, 0.6) is 0 Å². The largest absolute Gasteiger partial charge is 0.318 e. The first-order valence-corrected chi connectivity index (χ1v) is 8.81. The van der Waals surface area contributed by atoms with Crippen LogP contribution in [0.2, 0.25) is 0 Å². The summed E-state index contributed by atoms with van der Waals surface area (Å²) in [5.74, 6) is 0. The Morgan fingerprint density at radius 3 is 2.00 bits per heavy atom. The zero-order valence-corrected chi connectivity index (χ0v) is 12.2. The Morgan fingerprint density at radius 2 is 1.72 bits per heavy atom. The van der Waals surface area contributed by atoms with Gasteiger partial charge in [0.2, 0.25) is 0 Å². The maximum Gasteiger partial charge on any atom is 0.150 e. The Hall–Kier alpha value is -0.170. The molecule has 0 atom stereocenters. The summed E-state index contributed by atoms with van der Waals surface area (Å²) >= 11 is 0. The van der Waals surface area contributed by atoms with Gasteiger partial charge >= 0.3 is 0 Å². The molecule has 0 aromatic heterocycles. The van der Waals surface area contributed by atoms with Crippen molar-refractivity contribution >= 4 is 9.84 Å². The second-order valence-corrected chi connectivity index (χ2v) is 7.47. The number of likely N-dealkylation sites (tertiary alicyclic amines) is 1. The summed E-state index contributed by atoms with van der Waals surface area (Å²) in [7, 11) is -2.83. The molecular formula is C12H27N3O2S. The molecule has 0 bridgehead atoms. The highest BCUT2D eigenvalue weighted by Gasteiger charge is 2.25. The van der Waals surface area contributed by atoms with Crippen LogP contribution in [-0.4, -0.2) is 57.7 Å². The third-order valence-electron chi connectivity index (χ3n) is 3.61. The molecule has 2 rings (SSSR count). The summed E-state index contributed by atoms with van der Waals surface area (Å²) < 4.78 is 22.3. The molecule has 0 amide bonds. The van der Waals surface area contributed by atoms with Gasteiger partial charge in [-0.05, 0) is 38.8 Å². The third-order valence-corrected chi connectivity index (χ3v) is 5.29. The van der Waals surface area contributed by atoms with Crippen molar-refractivity contribution in [1.82, 2.24) is 10.2 Å². The Balaban J connectivity index is 0.000000225. The van der Waals surface area contributed by atoms with Crippen LogP contribution < -0.4 is 11.1 Å². The molecule has 0 saturated carbocycles. The van der Waals surface area contributed by atoms with Crippen molar-refractivity contribution < 1.29 is 8.42 Å². The molecule has 2 fully saturated rings. The predicted molar refractivity (Wildman–Crippen MR) is 75.2 cm³/mol. The van der Waals surface area contributed by atoms with Crippen LogP contribution in [-0.2, 0) is 9.84 Å². The van der Waals surface area contributed by atoms with E-state index in [4.69, 9.17) is 5.73 Å². The van der Waals surface area contributed by atoms with Crippen molar-refractivity contribution in [2.24, 2.45) is 5.73 Å². The van der Waals surface area contributed by atoms with Gasteiger partial charge in [-0.2, -0.15) is 0 Å². The molecule has 2 aliphatic rings. The van der Waals surface area contributed by atoms with E-state index in [2.05, 4.69) is 10.2 Å². The van der Waals surface area contributed by atoms with E-state index in [0.29, 0.717) is 6.67 Å². The lowest BCUT2D eigenvalue weighted by atomic mass is 10.1. The summed E-state index contributed by atoms with van der Waals surface area (Å²) in [5.41, 5.74) is 5.43. The highest BCUT2D eigenvalue weighted by molar-refractivity contribution is 7.91. The van der Waals surface area contributed by atoms with Gasteiger partial charge in [-0.25, -0.2) is 8.42 Å². The second-order valence-electron chi connectivity index (χ2n) is 5.14. The van der Waals surface area contributed by atoms with Gasteiger partial charge in [0.25, 0.3) is 0 Å². The minimum atomic E-state index is -2.83. The van der Waals surface area contributed by atoms with Gasteiger partial charge < -0.3 is 11.1 Å². The molecule has 0 spiro atoms. The van der Waals surface area contributed by atoms with Crippen molar-refractivity contribution in [1.29, 1.82) is 0 Å². The predicted octanol–water partition coefficient (Wildman–Crippen LogP) is 0.172. The fourth-order valence-corrected chi connectivity index (χ4v) is 3.39. The van der Waals surface area contributed by atoms with Gasteiger partial charge in [-0.3, -0.25) is 4.90 Å². The summed E-state index contributed by atoms with van der Waals surface area (Å²) in [6, 6.07) is 0. The van der Waals surface area contributed by atoms with E-state index >= 15 is 0 Å². The van der Waals surface area contributed by atoms with E-state index in [1.807, 2.05) is 0 Å². The number of nitrogens with two attached hydrogens (primary N) is 1. The van der Waals surface area contributed by atoms with Gasteiger partial charge in [0.15, 0.2) is 0 Å². The maximum atomic E-state index is 11.1. The molecule has 0 aliphatic carbocycles. The van der Waals surface area contributed by atoms with Crippen molar-refractivity contribution in [3.8, 4) is 0 Å². The van der Waals surface area contributed by atoms with Gasteiger partial charge in [-0.15, -0.1) is 0 Å². The SMILES string of the molecule is C1CCNCC1.CS(=O)(=O)C1CCN(CN)CC1. The summed E-state index contributed by atoms with van der Waals surface area (Å²) in [6.07, 6.45) is 6.99. The number of hydrogen-bond donors (Lipinski definition) is 2. The first-order chi connectivity index (χ1) is 8.54. The van der Waals surface area contributed by atoms with E-state index in [9.17, 15) is 8.42 Å². The summed E-state index contributed by atoms with van der Waals surface area (Å²) in [4.78, 5) is 2.07. The molecule has 108 valence electrons. The molecule has 18 heavy (non-hydrogen) atoms. The van der Waals surface area contributed by atoms with Crippen molar-refractivity contribution in [3.63, 3.8) is 0 Å². The topological polar surface area (TPSA) is 75.4 Å². The zero-order valence-electron chi connectivity index (χ0n) is 11.4. The number of hydrogen-bond acceptors (Lipinski definition) is 5. The quantitative estimate of drug-likeness (QED) is 0.752. The van der Waals surface area contributed by atoms with Crippen LogP contribution in [0.25, 0.3) is 0 Å². The van der Waals surface area contributed by atoms with Crippen molar-refractivity contribution in [2.75, 3.05) is 39.1 Å². The molecular weight excluding hydrogens is 250 g/mol. The first kappa shape index (κ1) is 15.9. The lowest BCUT2D eigenvalue weighted by Gasteiger charge is -2.29. The molecule has 2 heterocycles. The third kappa shape index (κ3) is 6.13. The van der Waals surface area contributed by atoms with Crippen LogP contribution >= 0.6 is 0 Å². The molecule has 2 saturated heterocycles.